The van der Waals surface area contributed by atoms with Crippen LogP contribution in [0.15, 0.2) is 0 Å². The van der Waals surface area contributed by atoms with Crippen LogP contribution in [-0.4, -0.2) is 45.1 Å². The maximum atomic E-state index is 9.88. The minimum absolute atomic E-state index is 0.0377. The van der Waals surface area contributed by atoms with Gasteiger partial charge in [0, 0.05) is 0 Å². The molecule has 68 valence electrons. The molecule has 0 aliphatic carbocycles. The Morgan fingerprint density at radius 1 is 1.45 bits per heavy atom. The van der Waals surface area contributed by atoms with Gasteiger partial charge in [0.15, 0.2) is 0 Å². The second kappa shape index (κ2) is 4.66. The third kappa shape index (κ3) is 9.83. The van der Waals surface area contributed by atoms with Gasteiger partial charge in [-0.1, -0.05) is 0 Å². The van der Waals surface area contributed by atoms with Gasteiger partial charge in [-0.2, -0.15) is 0 Å². The summed E-state index contributed by atoms with van der Waals surface area (Å²) < 4.78 is 33.6. The van der Waals surface area contributed by atoms with E-state index in [-0.39, 0.29) is 6.61 Å². The molecule has 0 aromatic carbocycles. The molecule has 0 rings (SSSR count). The highest BCUT2D eigenvalue weighted by Crippen LogP contribution is 1.89. The van der Waals surface area contributed by atoms with E-state index in [9.17, 15) is 13.0 Å². The molecule has 0 atom stereocenters. The Morgan fingerprint density at radius 2 is 2.00 bits per heavy atom. The van der Waals surface area contributed by atoms with Crippen molar-refractivity contribution in [2.45, 2.75) is 6.42 Å². The first-order valence-corrected chi connectivity index (χ1v) is 4.50. The lowest BCUT2D eigenvalue weighted by Gasteiger charge is -2.10. The molecule has 0 aliphatic heterocycles. The summed E-state index contributed by atoms with van der Waals surface area (Å²) in [6.45, 7) is 0.666. The van der Waals surface area contributed by atoms with E-state index >= 15 is 0 Å². The van der Waals surface area contributed by atoms with Gasteiger partial charge in [0.1, 0.15) is 0 Å². The number of hydrogen-bond donors (Lipinski definition) is 0. The highest BCUT2D eigenvalue weighted by Gasteiger charge is 1.94. The molecule has 0 spiro atoms. The van der Waals surface area contributed by atoms with Crippen molar-refractivity contribution in [1.29, 1.82) is 0 Å². The second-order valence-electron chi connectivity index (χ2n) is 2.39. The fourth-order valence-electron chi connectivity index (χ4n) is 0.542. The summed E-state index contributed by atoms with van der Waals surface area (Å²) in [5.74, 6) is 0. The minimum atomic E-state index is -4.49. The van der Waals surface area contributed by atoms with Crippen molar-refractivity contribution in [3.05, 3.63) is 0 Å². The molecule has 0 heterocycles. The molecule has 0 unspecified atom stereocenters. The molecule has 11 heavy (non-hydrogen) atoms. The highest BCUT2D eigenvalue weighted by atomic mass is 32.3. The van der Waals surface area contributed by atoms with Crippen LogP contribution in [0.5, 0.6) is 0 Å². The van der Waals surface area contributed by atoms with Crippen LogP contribution >= 0.6 is 0 Å². The molecule has 5 nitrogen and oxygen atoms in total. The SMILES string of the molecule is CN(C)CCCOS(=O)(=O)[O-]. The summed E-state index contributed by atoms with van der Waals surface area (Å²) >= 11 is 0. The summed E-state index contributed by atoms with van der Waals surface area (Å²) in [4.78, 5) is 1.88. The zero-order chi connectivity index (χ0) is 8.91. The summed E-state index contributed by atoms with van der Waals surface area (Å²) in [5, 5.41) is 0. The quantitative estimate of drug-likeness (QED) is 0.323. The average Bonchev–Trinajstić information content (AvgIpc) is 1.78. The van der Waals surface area contributed by atoms with Crippen LogP contribution in [0.25, 0.3) is 0 Å². The number of hydrogen-bond acceptors (Lipinski definition) is 5. The summed E-state index contributed by atoms with van der Waals surface area (Å²) in [7, 11) is -0.785. The standard InChI is InChI=1S/C5H13NO4S/c1-6(2)4-3-5-10-11(7,8)9/h3-5H2,1-2H3,(H,7,8,9)/p-1. The van der Waals surface area contributed by atoms with Crippen molar-refractivity contribution in [1.82, 2.24) is 4.90 Å². The molecular weight excluding hydrogens is 170 g/mol. The lowest BCUT2D eigenvalue weighted by molar-refractivity contribution is 0.244. The smallest absolute Gasteiger partial charge is 0.217 e. The van der Waals surface area contributed by atoms with E-state index in [1.165, 1.54) is 0 Å². The normalized spacial score (nSPS) is 12.4. The molecule has 0 N–H and O–H groups in total. The van der Waals surface area contributed by atoms with Crippen molar-refractivity contribution >= 4 is 10.4 Å². The number of rotatable bonds is 5. The molecule has 0 amide bonds. The van der Waals surface area contributed by atoms with Crippen LogP contribution in [-0.2, 0) is 14.6 Å². The van der Waals surface area contributed by atoms with Crippen molar-refractivity contribution in [3.63, 3.8) is 0 Å². The fraction of sp³-hybridized carbons (Fsp3) is 1.00. The highest BCUT2D eigenvalue weighted by molar-refractivity contribution is 7.80. The van der Waals surface area contributed by atoms with Crippen LogP contribution in [0.4, 0.5) is 0 Å². The van der Waals surface area contributed by atoms with Crippen molar-refractivity contribution in [2.75, 3.05) is 27.2 Å². The van der Waals surface area contributed by atoms with Gasteiger partial charge in [0.25, 0.3) is 0 Å². The Labute approximate surface area is 66.9 Å². The Morgan fingerprint density at radius 3 is 2.36 bits per heavy atom. The molecular formula is C5H12NO4S-. The second-order valence-corrected chi connectivity index (χ2v) is 3.44. The summed E-state index contributed by atoms with van der Waals surface area (Å²) in [6.07, 6.45) is 0.536. The maximum Gasteiger partial charge on any atom is 0.217 e. The van der Waals surface area contributed by atoms with Crippen LogP contribution in [0.3, 0.4) is 0 Å². The van der Waals surface area contributed by atoms with Gasteiger partial charge in [-0.3, -0.25) is 4.18 Å². The molecule has 0 aliphatic rings. The van der Waals surface area contributed by atoms with E-state index in [2.05, 4.69) is 4.18 Å². The average molecular weight is 182 g/mol. The van der Waals surface area contributed by atoms with Crippen LogP contribution < -0.4 is 0 Å². The van der Waals surface area contributed by atoms with E-state index in [4.69, 9.17) is 0 Å². The molecule has 6 heteroatoms. The van der Waals surface area contributed by atoms with Gasteiger partial charge in [-0.25, -0.2) is 8.42 Å². The minimum Gasteiger partial charge on any atom is -0.726 e. The predicted molar refractivity (Wildman–Crippen MR) is 38.8 cm³/mol. The summed E-state index contributed by atoms with van der Waals surface area (Å²) in [5.41, 5.74) is 0. The van der Waals surface area contributed by atoms with Crippen molar-refractivity contribution in [3.8, 4) is 0 Å². The van der Waals surface area contributed by atoms with Gasteiger partial charge < -0.3 is 9.45 Å². The molecule has 0 fully saturated rings. The third-order valence-electron chi connectivity index (χ3n) is 0.977. The monoisotopic (exact) mass is 182 g/mol. The Balaban J connectivity index is 3.30. The molecule has 0 aromatic rings. The first-order chi connectivity index (χ1) is 4.92. The van der Waals surface area contributed by atoms with E-state index < -0.39 is 10.4 Å². The Bertz CT molecular complexity index is 187. The fourth-order valence-corrected chi connectivity index (χ4v) is 0.864. The summed E-state index contributed by atoms with van der Waals surface area (Å²) in [6, 6.07) is 0. The predicted octanol–water partition coefficient (Wildman–Crippen LogP) is -0.585. The topological polar surface area (TPSA) is 69.7 Å². The molecule has 0 saturated carbocycles. The Kier molecular flexibility index (Phi) is 4.58. The largest absolute Gasteiger partial charge is 0.726 e. The first kappa shape index (κ1) is 10.8. The lowest BCUT2D eigenvalue weighted by atomic mass is 10.4. The van der Waals surface area contributed by atoms with Crippen molar-refractivity contribution < 1.29 is 17.2 Å². The maximum absolute atomic E-state index is 9.88. The Hall–Kier alpha value is -0.170. The molecule has 0 bridgehead atoms. The molecule has 0 aromatic heterocycles. The molecule has 0 saturated heterocycles. The first-order valence-electron chi connectivity index (χ1n) is 3.17. The van der Waals surface area contributed by atoms with Crippen LogP contribution in [0, 0.1) is 0 Å². The molecule has 0 radical (unpaired) electrons. The zero-order valence-corrected chi connectivity index (χ0v) is 7.43. The van der Waals surface area contributed by atoms with E-state index in [1.54, 1.807) is 0 Å². The van der Waals surface area contributed by atoms with Crippen LogP contribution in [0.1, 0.15) is 6.42 Å². The van der Waals surface area contributed by atoms with Gasteiger partial charge in [0.05, 0.1) is 6.61 Å². The van der Waals surface area contributed by atoms with E-state index in [1.807, 2.05) is 19.0 Å². The van der Waals surface area contributed by atoms with E-state index in [0.29, 0.717) is 13.0 Å². The third-order valence-corrected chi connectivity index (χ3v) is 1.43. The zero-order valence-electron chi connectivity index (χ0n) is 6.61. The van der Waals surface area contributed by atoms with Gasteiger partial charge >= 0.3 is 0 Å². The van der Waals surface area contributed by atoms with Crippen molar-refractivity contribution in [2.24, 2.45) is 0 Å². The van der Waals surface area contributed by atoms with Gasteiger partial charge in [-0.05, 0) is 27.1 Å². The van der Waals surface area contributed by atoms with Gasteiger partial charge in [-0.15, -0.1) is 0 Å². The van der Waals surface area contributed by atoms with Gasteiger partial charge in [0.2, 0.25) is 10.4 Å². The van der Waals surface area contributed by atoms with Crippen LogP contribution in [0.2, 0.25) is 0 Å². The van der Waals surface area contributed by atoms with E-state index in [0.717, 1.165) is 0 Å². The number of nitrogens with zero attached hydrogens (tertiary/aromatic N) is 1. The lowest BCUT2D eigenvalue weighted by Crippen LogP contribution is -2.16.